The van der Waals surface area contributed by atoms with Crippen molar-refractivity contribution in [3.05, 3.63) is 77.7 Å². The highest BCUT2D eigenvalue weighted by molar-refractivity contribution is 5.96. The summed E-state index contributed by atoms with van der Waals surface area (Å²) in [5.74, 6) is 0.192. The zero-order chi connectivity index (χ0) is 18.6. The van der Waals surface area contributed by atoms with Gasteiger partial charge in [-0.15, -0.1) is 0 Å². The van der Waals surface area contributed by atoms with Crippen LogP contribution < -0.4 is 0 Å². The van der Waals surface area contributed by atoms with E-state index in [1.165, 1.54) is 0 Å². The van der Waals surface area contributed by atoms with Gasteiger partial charge in [-0.3, -0.25) is 0 Å². The molecule has 0 spiro atoms. The van der Waals surface area contributed by atoms with E-state index < -0.39 is 5.97 Å². The zero-order valence-corrected chi connectivity index (χ0v) is 14.7. The van der Waals surface area contributed by atoms with Gasteiger partial charge in [-0.2, -0.15) is 0 Å². The van der Waals surface area contributed by atoms with Gasteiger partial charge in [0.1, 0.15) is 17.9 Å². The maximum atomic E-state index is 12.5. The lowest BCUT2D eigenvalue weighted by Crippen LogP contribution is -2.07. The Morgan fingerprint density at radius 3 is 2.63 bits per heavy atom. The molecule has 6 nitrogen and oxygen atoms in total. The molecule has 2 aromatic carbocycles. The third-order valence-corrected chi connectivity index (χ3v) is 4.14. The molecule has 0 N–H and O–H groups in total. The van der Waals surface area contributed by atoms with Crippen LogP contribution in [0.15, 0.2) is 69.6 Å². The van der Waals surface area contributed by atoms with Crippen LogP contribution in [-0.4, -0.2) is 18.2 Å². The SMILES string of the molecule is COCc1c(C(=O)OCc2cc(-c3ccccc3)on2)oc2ccccc12. The highest BCUT2D eigenvalue weighted by Gasteiger charge is 2.22. The van der Waals surface area contributed by atoms with Crippen molar-refractivity contribution in [2.75, 3.05) is 7.11 Å². The summed E-state index contributed by atoms with van der Waals surface area (Å²) >= 11 is 0. The van der Waals surface area contributed by atoms with Crippen molar-refractivity contribution >= 4 is 16.9 Å². The molecule has 136 valence electrons. The number of ether oxygens (including phenoxy) is 2. The molecule has 0 atom stereocenters. The predicted molar refractivity (Wildman–Crippen MR) is 98.0 cm³/mol. The smallest absolute Gasteiger partial charge is 0.375 e. The molecule has 0 aliphatic heterocycles. The van der Waals surface area contributed by atoms with Gasteiger partial charge < -0.3 is 18.4 Å². The lowest BCUT2D eigenvalue weighted by Gasteiger charge is -2.02. The van der Waals surface area contributed by atoms with Gasteiger partial charge in [0.05, 0.1) is 6.61 Å². The average Bonchev–Trinajstić information content (AvgIpc) is 3.33. The van der Waals surface area contributed by atoms with Crippen molar-refractivity contribution in [1.82, 2.24) is 5.16 Å². The Kier molecular flexibility index (Phi) is 4.72. The monoisotopic (exact) mass is 363 g/mol. The van der Waals surface area contributed by atoms with E-state index in [9.17, 15) is 4.79 Å². The largest absolute Gasteiger partial charge is 0.453 e. The van der Waals surface area contributed by atoms with Gasteiger partial charge in [0.2, 0.25) is 5.76 Å². The van der Waals surface area contributed by atoms with Crippen LogP contribution in [0.1, 0.15) is 21.8 Å². The maximum Gasteiger partial charge on any atom is 0.375 e. The third kappa shape index (κ3) is 3.47. The standard InChI is InChI=1S/C21H17NO5/c1-24-13-17-16-9-5-6-10-18(16)26-20(17)21(23)25-12-15-11-19(27-22-15)14-7-3-2-4-8-14/h2-11H,12-13H2,1H3. The van der Waals surface area contributed by atoms with Gasteiger partial charge in [-0.25, -0.2) is 4.79 Å². The molecule has 0 saturated carbocycles. The number of aromatic nitrogens is 1. The Hall–Kier alpha value is -3.38. The highest BCUT2D eigenvalue weighted by atomic mass is 16.5. The molecule has 0 bridgehead atoms. The van der Waals surface area contributed by atoms with Crippen LogP contribution in [0.4, 0.5) is 0 Å². The minimum atomic E-state index is -0.567. The molecule has 0 fully saturated rings. The molecule has 0 aliphatic carbocycles. The van der Waals surface area contributed by atoms with Gasteiger partial charge >= 0.3 is 5.97 Å². The minimum Gasteiger partial charge on any atom is -0.453 e. The van der Waals surface area contributed by atoms with Crippen LogP contribution in [-0.2, 0) is 22.7 Å². The molecule has 2 aromatic heterocycles. The molecule has 4 rings (SSSR count). The fraction of sp³-hybridized carbons (Fsp3) is 0.143. The average molecular weight is 363 g/mol. The van der Waals surface area contributed by atoms with E-state index in [0.29, 0.717) is 22.6 Å². The van der Waals surface area contributed by atoms with Crippen molar-refractivity contribution in [3.63, 3.8) is 0 Å². The summed E-state index contributed by atoms with van der Waals surface area (Å²) in [7, 11) is 1.57. The number of fused-ring (bicyclic) bond motifs is 1. The van der Waals surface area contributed by atoms with Gasteiger partial charge in [-0.05, 0) is 6.07 Å². The number of hydrogen-bond donors (Lipinski definition) is 0. The molecule has 4 aromatic rings. The van der Waals surface area contributed by atoms with Gasteiger partial charge in [0.25, 0.3) is 0 Å². The van der Waals surface area contributed by atoms with Crippen LogP contribution >= 0.6 is 0 Å². The Morgan fingerprint density at radius 2 is 1.81 bits per heavy atom. The van der Waals surface area contributed by atoms with Crippen molar-refractivity contribution < 1.29 is 23.2 Å². The van der Waals surface area contributed by atoms with Crippen LogP contribution in [0.2, 0.25) is 0 Å². The first-order chi connectivity index (χ1) is 13.3. The minimum absolute atomic E-state index is 0.0152. The number of hydrogen-bond acceptors (Lipinski definition) is 6. The molecular weight excluding hydrogens is 346 g/mol. The van der Waals surface area contributed by atoms with Crippen molar-refractivity contribution in [1.29, 1.82) is 0 Å². The normalized spacial score (nSPS) is 11.0. The molecule has 0 radical (unpaired) electrons. The number of carbonyl (C=O) groups excluding carboxylic acids is 1. The van der Waals surface area contributed by atoms with E-state index in [-0.39, 0.29) is 19.0 Å². The molecular formula is C21H17NO5. The second-order valence-electron chi connectivity index (χ2n) is 5.96. The summed E-state index contributed by atoms with van der Waals surface area (Å²) in [6.45, 7) is 0.238. The Morgan fingerprint density at radius 1 is 1.04 bits per heavy atom. The second kappa shape index (κ2) is 7.47. The first-order valence-corrected chi connectivity index (χ1v) is 8.43. The lowest BCUT2D eigenvalue weighted by molar-refractivity contribution is 0.0424. The maximum absolute atomic E-state index is 12.5. The summed E-state index contributed by atoms with van der Waals surface area (Å²) in [6, 6.07) is 18.7. The number of nitrogens with zero attached hydrogens (tertiary/aromatic N) is 1. The van der Waals surface area contributed by atoms with Crippen molar-refractivity contribution in [3.8, 4) is 11.3 Å². The fourth-order valence-corrected chi connectivity index (χ4v) is 2.87. The molecule has 0 unspecified atom stereocenters. The van der Waals surface area contributed by atoms with Crippen LogP contribution in [0.25, 0.3) is 22.3 Å². The summed E-state index contributed by atoms with van der Waals surface area (Å²) < 4.78 is 21.6. The van der Waals surface area contributed by atoms with Gasteiger partial charge in [0, 0.05) is 29.7 Å². The van der Waals surface area contributed by atoms with E-state index in [1.807, 2.05) is 48.5 Å². The number of para-hydroxylation sites is 1. The molecule has 27 heavy (non-hydrogen) atoms. The molecule has 2 heterocycles. The number of benzene rings is 2. The Balaban J connectivity index is 1.51. The van der Waals surface area contributed by atoms with E-state index in [2.05, 4.69) is 5.16 Å². The van der Waals surface area contributed by atoms with Crippen LogP contribution in [0.5, 0.6) is 0 Å². The summed E-state index contributed by atoms with van der Waals surface area (Å²) in [6.07, 6.45) is 0. The molecule has 0 saturated heterocycles. The van der Waals surface area contributed by atoms with E-state index in [4.69, 9.17) is 18.4 Å². The Bertz CT molecular complexity index is 1060. The molecule has 6 heteroatoms. The number of esters is 1. The number of methoxy groups -OCH3 is 1. The number of rotatable bonds is 6. The fourth-order valence-electron chi connectivity index (χ4n) is 2.87. The van der Waals surface area contributed by atoms with Gasteiger partial charge in [-0.1, -0.05) is 53.7 Å². The van der Waals surface area contributed by atoms with Gasteiger partial charge in [0.15, 0.2) is 5.76 Å². The quantitative estimate of drug-likeness (QED) is 0.466. The van der Waals surface area contributed by atoms with Crippen molar-refractivity contribution in [2.45, 2.75) is 13.2 Å². The second-order valence-corrected chi connectivity index (χ2v) is 5.96. The predicted octanol–water partition coefficient (Wildman–Crippen LogP) is 4.59. The van der Waals surface area contributed by atoms with Crippen molar-refractivity contribution in [2.24, 2.45) is 0 Å². The molecule has 0 aliphatic rings. The summed E-state index contributed by atoms with van der Waals surface area (Å²) in [5.41, 5.74) is 2.71. The summed E-state index contributed by atoms with van der Waals surface area (Å²) in [4.78, 5) is 12.5. The van der Waals surface area contributed by atoms with E-state index in [0.717, 1.165) is 10.9 Å². The highest BCUT2D eigenvalue weighted by Crippen LogP contribution is 2.27. The van der Waals surface area contributed by atoms with Crippen LogP contribution in [0.3, 0.4) is 0 Å². The van der Waals surface area contributed by atoms with E-state index in [1.54, 1.807) is 19.2 Å². The third-order valence-electron chi connectivity index (χ3n) is 4.14. The lowest BCUT2D eigenvalue weighted by atomic mass is 10.1. The van der Waals surface area contributed by atoms with Crippen LogP contribution in [0, 0.1) is 0 Å². The Labute approximate surface area is 155 Å². The first kappa shape index (κ1) is 17.1. The number of carbonyl (C=O) groups is 1. The topological polar surface area (TPSA) is 74.7 Å². The first-order valence-electron chi connectivity index (χ1n) is 8.43. The number of furan rings is 1. The van der Waals surface area contributed by atoms with E-state index >= 15 is 0 Å². The zero-order valence-electron chi connectivity index (χ0n) is 14.7. The summed E-state index contributed by atoms with van der Waals surface area (Å²) in [5, 5.41) is 4.78. The molecule has 0 amide bonds.